The molecule has 2 amide bonds. The van der Waals surface area contributed by atoms with E-state index in [1.165, 1.54) is 4.90 Å². The molecule has 0 fully saturated rings. The lowest BCUT2D eigenvalue weighted by Crippen LogP contribution is -2.43. The Kier molecular flexibility index (Phi) is 9.31. The van der Waals surface area contributed by atoms with Crippen molar-refractivity contribution >= 4 is 34.8 Å². The summed E-state index contributed by atoms with van der Waals surface area (Å²) in [6, 6.07) is 13.8. The topological polar surface area (TPSA) is 49.9 Å². The van der Waals surface area contributed by atoms with Gasteiger partial charge in [0.1, 0.15) is 5.88 Å². The highest BCUT2D eigenvalue weighted by Gasteiger charge is 2.21. The third-order valence-corrected chi connectivity index (χ3v) is 5.16. The summed E-state index contributed by atoms with van der Waals surface area (Å²) in [6.45, 7) is 2.02. The number of ether oxygens (including phenoxy) is 1. The number of amides is 2. The van der Waals surface area contributed by atoms with Gasteiger partial charge in [-0.1, -0.05) is 36.4 Å². The predicted molar refractivity (Wildman–Crippen MR) is 109 cm³/mol. The molecule has 1 aromatic heterocycles. The molecule has 0 aliphatic rings. The molecule has 0 atom stereocenters. The molecule has 27 heavy (non-hydrogen) atoms. The second-order valence-electron chi connectivity index (χ2n) is 6.11. The van der Waals surface area contributed by atoms with Crippen molar-refractivity contribution in [2.24, 2.45) is 0 Å². The van der Waals surface area contributed by atoms with Crippen LogP contribution in [0, 0.1) is 0 Å². The van der Waals surface area contributed by atoms with E-state index in [1.807, 2.05) is 47.8 Å². The van der Waals surface area contributed by atoms with E-state index in [4.69, 9.17) is 16.3 Å². The number of carbonyl (C=O) groups excluding carboxylic acids is 2. The number of nitrogens with zero attached hydrogens (tertiary/aromatic N) is 2. The molecular weight excluding hydrogens is 384 g/mol. The van der Waals surface area contributed by atoms with E-state index in [2.05, 4.69) is 0 Å². The SMILES string of the molecule is COCCCN(CC(=O)N(Cc1ccccc1)Cc1cccs1)C(=O)CCl. The van der Waals surface area contributed by atoms with E-state index < -0.39 is 0 Å². The number of hydrogen-bond acceptors (Lipinski definition) is 4. The number of thiophene rings is 1. The van der Waals surface area contributed by atoms with Crippen LogP contribution in [0.2, 0.25) is 0 Å². The average molecular weight is 409 g/mol. The van der Waals surface area contributed by atoms with Crippen LogP contribution in [0.15, 0.2) is 47.8 Å². The zero-order valence-electron chi connectivity index (χ0n) is 15.5. The summed E-state index contributed by atoms with van der Waals surface area (Å²) >= 11 is 7.34. The normalized spacial score (nSPS) is 10.6. The van der Waals surface area contributed by atoms with Gasteiger partial charge in [0.05, 0.1) is 13.1 Å². The predicted octanol–water partition coefficient (Wildman–Crippen LogP) is 3.38. The molecule has 2 aromatic rings. The quantitative estimate of drug-likeness (QED) is 0.423. The number of benzene rings is 1. The van der Waals surface area contributed by atoms with E-state index in [0.717, 1.165) is 10.4 Å². The minimum atomic E-state index is -0.239. The van der Waals surface area contributed by atoms with E-state index in [1.54, 1.807) is 23.3 Å². The Morgan fingerprint density at radius 1 is 1.04 bits per heavy atom. The van der Waals surface area contributed by atoms with Gasteiger partial charge in [0.25, 0.3) is 0 Å². The summed E-state index contributed by atoms with van der Waals surface area (Å²) < 4.78 is 5.04. The minimum absolute atomic E-state index is 0.0213. The Morgan fingerprint density at radius 3 is 2.44 bits per heavy atom. The van der Waals surface area contributed by atoms with Crippen molar-refractivity contribution in [1.29, 1.82) is 0 Å². The van der Waals surface area contributed by atoms with Crippen molar-refractivity contribution in [1.82, 2.24) is 9.80 Å². The molecule has 0 aliphatic carbocycles. The lowest BCUT2D eigenvalue weighted by molar-refractivity contribution is -0.140. The Hall–Kier alpha value is -1.89. The van der Waals surface area contributed by atoms with Crippen molar-refractivity contribution < 1.29 is 14.3 Å². The standard InChI is InChI=1S/C20H25ClN2O3S/c1-26-11-6-10-22(19(24)13-21)16-20(25)23(15-18-9-5-12-27-18)14-17-7-3-2-4-8-17/h2-5,7-9,12H,6,10-11,13-16H2,1H3. The zero-order chi connectivity index (χ0) is 19.5. The van der Waals surface area contributed by atoms with Crippen LogP contribution in [0.4, 0.5) is 0 Å². The molecule has 146 valence electrons. The second kappa shape index (κ2) is 11.7. The third kappa shape index (κ3) is 7.33. The van der Waals surface area contributed by atoms with E-state index in [0.29, 0.717) is 32.7 Å². The molecular formula is C20H25ClN2O3S. The molecule has 5 nitrogen and oxygen atoms in total. The summed E-state index contributed by atoms with van der Waals surface area (Å²) in [7, 11) is 1.61. The largest absolute Gasteiger partial charge is 0.385 e. The number of methoxy groups -OCH3 is 1. The zero-order valence-corrected chi connectivity index (χ0v) is 17.0. The van der Waals surface area contributed by atoms with E-state index in [9.17, 15) is 9.59 Å². The molecule has 0 radical (unpaired) electrons. The number of halogens is 1. The number of alkyl halides is 1. The molecule has 1 aromatic carbocycles. The van der Waals surface area contributed by atoms with E-state index in [-0.39, 0.29) is 24.2 Å². The first-order valence-electron chi connectivity index (χ1n) is 8.80. The van der Waals surface area contributed by atoms with Crippen molar-refractivity contribution in [3.63, 3.8) is 0 Å². The van der Waals surface area contributed by atoms with Crippen molar-refractivity contribution in [3.8, 4) is 0 Å². The number of hydrogen-bond donors (Lipinski definition) is 0. The molecule has 0 spiro atoms. The summed E-state index contributed by atoms with van der Waals surface area (Å²) in [5, 5.41) is 1.99. The Bertz CT molecular complexity index is 695. The van der Waals surface area contributed by atoms with Crippen LogP contribution in [-0.4, -0.2) is 54.3 Å². The summed E-state index contributed by atoms with van der Waals surface area (Å²) in [4.78, 5) is 29.5. The van der Waals surface area contributed by atoms with Crippen molar-refractivity contribution in [2.45, 2.75) is 19.5 Å². The molecule has 0 saturated heterocycles. The first-order valence-corrected chi connectivity index (χ1v) is 10.2. The molecule has 7 heteroatoms. The lowest BCUT2D eigenvalue weighted by Gasteiger charge is -2.27. The molecule has 0 unspecified atom stereocenters. The number of rotatable bonds is 11. The van der Waals surface area contributed by atoms with E-state index >= 15 is 0 Å². The van der Waals surface area contributed by atoms with Gasteiger partial charge in [0.15, 0.2) is 0 Å². The first kappa shape index (κ1) is 21.4. The Balaban J connectivity index is 2.08. The lowest BCUT2D eigenvalue weighted by atomic mass is 10.2. The Morgan fingerprint density at radius 2 is 1.81 bits per heavy atom. The highest BCUT2D eigenvalue weighted by atomic mass is 35.5. The van der Waals surface area contributed by atoms with Crippen molar-refractivity contribution in [3.05, 3.63) is 58.3 Å². The maximum Gasteiger partial charge on any atom is 0.242 e. The summed E-state index contributed by atoms with van der Waals surface area (Å²) in [5.74, 6) is -0.468. The fraction of sp³-hybridized carbons (Fsp3) is 0.400. The minimum Gasteiger partial charge on any atom is -0.385 e. The van der Waals surface area contributed by atoms with Gasteiger partial charge in [-0.25, -0.2) is 0 Å². The molecule has 0 saturated carbocycles. The van der Waals surface area contributed by atoms with Gasteiger partial charge in [-0.3, -0.25) is 9.59 Å². The summed E-state index contributed by atoms with van der Waals surface area (Å²) in [6.07, 6.45) is 0.663. The van der Waals surface area contributed by atoms with Gasteiger partial charge in [-0.05, 0) is 23.4 Å². The van der Waals surface area contributed by atoms with Gasteiger partial charge in [0, 0.05) is 31.7 Å². The molecule has 0 aliphatic heterocycles. The van der Waals surface area contributed by atoms with Gasteiger partial charge in [-0.15, -0.1) is 22.9 Å². The van der Waals surface area contributed by atoms with Gasteiger partial charge < -0.3 is 14.5 Å². The molecule has 0 bridgehead atoms. The van der Waals surface area contributed by atoms with Crippen LogP contribution >= 0.6 is 22.9 Å². The first-order chi connectivity index (χ1) is 13.1. The summed E-state index contributed by atoms with van der Waals surface area (Å²) in [5.41, 5.74) is 1.05. The molecule has 2 rings (SSSR count). The number of carbonyl (C=O) groups is 2. The van der Waals surface area contributed by atoms with Crippen LogP contribution in [-0.2, 0) is 27.4 Å². The molecule has 0 N–H and O–H groups in total. The average Bonchev–Trinajstić information content (AvgIpc) is 3.20. The van der Waals surface area contributed by atoms with Crippen LogP contribution in [0.1, 0.15) is 16.9 Å². The molecule has 1 heterocycles. The maximum atomic E-state index is 13.0. The van der Waals surface area contributed by atoms with Gasteiger partial charge in [-0.2, -0.15) is 0 Å². The van der Waals surface area contributed by atoms with Crippen LogP contribution in [0.25, 0.3) is 0 Å². The smallest absolute Gasteiger partial charge is 0.242 e. The van der Waals surface area contributed by atoms with Crippen LogP contribution < -0.4 is 0 Å². The van der Waals surface area contributed by atoms with Crippen molar-refractivity contribution in [2.75, 3.05) is 32.7 Å². The fourth-order valence-corrected chi connectivity index (χ4v) is 3.55. The van der Waals surface area contributed by atoms with Crippen LogP contribution in [0.3, 0.4) is 0 Å². The highest BCUT2D eigenvalue weighted by Crippen LogP contribution is 2.15. The fourth-order valence-electron chi connectivity index (χ4n) is 2.67. The third-order valence-electron chi connectivity index (χ3n) is 4.07. The second-order valence-corrected chi connectivity index (χ2v) is 7.41. The maximum absolute atomic E-state index is 13.0. The highest BCUT2D eigenvalue weighted by molar-refractivity contribution is 7.09. The van der Waals surface area contributed by atoms with Gasteiger partial charge in [0.2, 0.25) is 11.8 Å². The Labute approximate surface area is 169 Å². The van der Waals surface area contributed by atoms with Crippen LogP contribution in [0.5, 0.6) is 0 Å². The monoisotopic (exact) mass is 408 g/mol. The van der Waals surface area contributed by atoms with Gasteiger partial charge >= 0.3 is 0 Å².